The summed E-state index contributed by atoms with van der Waals surface area (Å²) < 4.78 is 8.80. The van der Waals surface area contributed by atoms with E-state index in [2.05, 4.69) is 116 Å². The van der Waals surface area contributed by atoms with E-state index in [0.717, 1.165) is 38.6 Å². The van der Waals surface area contributed by atoms with Gasteiger partial charge < -0.3 is 4.42 Å². The zero-order chi connectivity index (χ0) is 20.9. The van der Waals surface area contributed by atoms with Crippen LogP contribution in [0.3, 0.4) is 0 Å². The van der Waals surface area contributed by atoms with E-state index in [1.165, 1.54) is 22.1 Å². The molecule has 31 heavy (non-hydrogen) atoms. The highest BCUT2D eigenvalue weighted by Gasteiger charge is 2.22. The lowest BCUT2D eigenvalue weighted by Gasteiger charge is -2.08. The highest BCUT2D eigenvalue weighted by atomic mass is 16.3. The van der Waals surface area contributed by atoms with Crippen molar-refractivity contribution in [2.24, 2.45) is 7.05 Å². The Bertz CT molecular complexity index is 1590. The van der Waals surface area contributed by atoms with E-state index in [0.29, 0.717) is 0 Å². The van der Waals surface area contributed by atoms with Crippen LogP contribution in [0.25, 0.3) is 55.1 Å². The minimum atomic E-state index is 0.951. The minimum Gasteiger partial charge on any atom is -0.454 e. The zero-order valence-electron chi connectivity index (χ0n) is 17.6. The van der Waals surface area contributed by atoms with E-state index in [4.69, 9.17) is 4.42 Å². The molecule has 2 heterocycles. The van der Waals surface area contributed by atoms with E-state index in [1.807, 2.05) is 0 Å². The molecule has 6 aromatic rings. The van der Waals surface area contributed by atoms with Crippen LogP contribution < -0.4 is 4.57 Å². The number of benzene rings is 4. The van der Waals surface area contributed by atoms with Crippen molar-refractivity contribution in [2.45, 2.75) is 6.92 Å². The fourth-order valence-electron chi connectivity index (χ4n) is 4.61. The molecule has 0 radical (unpaired) electrons. The summed E-state index contributed by atoms with van der Waals surface area (Å²) in [4.78, 5) is 0. The molecule has 148 valence electrons. The molecule has 0 unspecified atom stereocenters. The number of aromatic nitrogens is 1. The molecule has 0 spiro atoms. The van der Waals surface area contributed by atoms with Gasteiger partial charge in [0.15, 0.2) is 6.20 Å². The number of aryl methyl sites for hydroxylation is 2. The fourth-order valence-corrected chi connectivity index (χ4v) is 4.61. The van der Waals surface area contributed by atoms with Crippen LogP contribution in [-0.4, -0.2) is 0 Å². The highest BCUT2D eigenvalue weighted by molar-refractivity contribution is 6.17. The van der Waals surface area contributed by atoms with Crippen LogP contribution in [0.4, 0.5) is 0 Å². The van der Waals surface area contributed by atoms with E-state index < -0.39 is 0 Å². The van der Waals surface area contributed by atoms with E-state index in [1.54, 1.807) is 0 Å². The molecule has 0 aliphatic rings. The second-order valence-corrected chi connectivity index (χ2v) is 8.18. The quantitative estimate of drug-likeness (QED) is 0.281. The van der Waals surface area contributed by atoms with Crippen molar-refractivity contribution < 1.29 is 8.98 Å². The number of fused-ring (bicyclic) bond motifs is 5. The third-order valence-electron chi connectivity index (χ3n) is 6.25. The zero-order valence-corrected chi connectivity index (χ0v) is 17.6. The first kappa shape index (κ1) is 17.9. The molecule has 0 aliphatic heterocycles. The number of hydrogen-bond acceptors (Lipinski definition) is 1. The molecule has 2 heteroatoms. The van der Waals surface area contributed by atoms with Gasteiger partial charge >= 0.3 is 0 Å². The van der Waals surface area contributed by atoms with E-state index in [-0.39, 0.29) is 0 Å². The van der Waals surface area contributed by atoms with Crippen LogP contribution in [0.15, 0.2) is 102 Å². The Balaban J connectivity index is 1.68. The summed E-state index contributed by atoms with van der Waals surface area (Å²) in [5, 5.41) is 4.68. The van der Waals surface area contributed by atoms with Crippen LogP contribution in [0, 0.1) is 6.92 Å². The van der Waals surface area contributed by atoms with Crippen molar-refractivity contribution in [3.63, 3.8) is 0 Å². The van der Waals surface area contributed by atoms with Crippen molar-refractivity contribution in [3.05, 3.63) is 103 Å². The average molecular weight is 401 g/mol. The maximum Gasteiger partial charge on any atom is 0.216 e. The second kappa shape index (κ2) is 6.82. The Kier molecular flexibility index (Phi) is 3.94. The summed E-state index contributed by atoms with van der Waals surface area (Å²) in [7, 11) is 2.10. The van der Waals surface area contributed by atoms with Gasteiger partial charge in [-0.05, 0) is 35.1 Å². The first-order chi connectivity index (χ1) is 15.2. The number of hydrogen-bond donors (Lipinski definition) is 0. The molecule has 0 saturated heterocycles. The molecular weight excluding hydrogens is 378 g/mol. The maximum absolute atomic E-state index is 6.62. The maximum atomic E-state index is 6.62. The molecule has 0 bridgehead atoms. The first-order valence-corrected chi connectivity index (χ1v) is 10.6. The Morgan fingerprint density at radius 1 is 0.645 bits per heavy atom. The van der Waals surface area contributed by atoms with Crippen LogP contribution in [-0.2, 0) is 7.05 Å². The summed E-state index contributed by atoms with van der Waals surface area (Å²) in [6.07, 6.45) is 2.13. The van der Waals surface area contributed by atoms with Gasteiger partial charge in [0.2, 0.25) is 5.69 Å². The number of pyridine rings is 1. The summed E-state index contributed by atoms with van der Waals surface area (Å²) in [6, 6.07) is 32.1. The minimum absolute atomic E-state index is 0.951. The largest absolute Gasteiger partial charge is 0.454 e. The van der Waals surface area contributed by atoms with Crippen molar-refractivity contribution >= 4 is 32.7 Å². The summed E-state index contributed by atoms with van der Waals surface area (Å²) in [6.45, 7) is 2.16. The topological polar surface area (TPSA) is 17.0 Å². The number of nitrogens with zero attached hydrogens (tertiary/aromatic N) is 1. The van der Waals surface area contributed by atoms with E-state index >= 15 is 0 Å². The van der Waals surface area contributed by atoms with Gasteiger partial charge in [-0.3, -0.25) is 0 Å². The normalized spacial score (nSPS) is 11.5. The molecule has 6 rings (SSSR count). The predicted octanol–water partition coefficient (Wildman–Crippen LogP) is 7.21. The first-order valence-electron chi connectivity index (χ1n) is 10.6. The highest BCUT2D eigenvalue weighted by Crippen LogP contribution is 2.40. The third kappa shape index (κ3) is 2.76. The fraction of sp³-hybridized carbons (Fsp3) is 0.0690. The van der Waals surface area contributed by atoms with Crippen molar-refractivity contribution in [1.29, 1.82) is 0 Å². The van der Waals surface area contributed by atoms with E-state index in [9.17, 15) is 0 Å². The monoisotopic (exact) mass is 400 g/mol. The molecule has 0 aliphatic carbocycles. The molecular formula is C29H22NO+. The van der Waals surface area contributed by atoms with Gasteiger partial charge in [0.05, 0.1) is 5.56 Å². The van der Waals surface area contributed by atoms with Crippen LogP contribution in [0.1, 0.15) is 5.56 Å². The summed E-state index contributed by atoms with van der Waals surface area (Å²) in [5.74, 6) is 0. The lowest BCUT2D eigenvalue weighted by molar-refractivity contribution is -0.660. The van der Waals surface area contributed by atoms with Crippen LogP contribution in [0.5, 0.6) is 0 Å². The Morgan fingerprint density at radius 2 is 1.39 bits per heavy atom. The standard InChI is InChI=1S/C29H22NO/c1-19-12-14-25-24-15-13-21-10-6-7-11-23(21)28(24)31-29(25)27(19)26-18-22(16-17-30(26)2)20-8-4-3-5-9-20/h3-18H,1-2H3/q+1. The lowest BCUT2D eigenvalue weighted by Crippen LogP contribution is -2.30. The summed E-state index contributed by atoms with van der Waals surface area (Å²) >= 11 is 0. The molecule has 2 aromatic heterocycles. The van der Waals surface area contributed by atoms with Crippen molar-refractivity contribution in [3.8, 4) is 22.4 Å². The molecule has 0 amide bonds. The van der Waals surface area contributed by atoms with Gasteiger partial charge in [-0.15, -0.1) is 0 Å². The van der Waals surface area contributed by atoms with Gasteiger partial charge in [0, 0.05) is 28.3 Å². The van der Waals surface area contributed by atoms with Crippen molar-refractivity contribution in [2.75, 3.05) is 0 Å². The van der Waals surface area contributed by atoms with Gasteiger partial charge in [-0.1, -0.05) is 72.8 Å². The van der Waals surface area contributed by atoms with Gasteiger partial charge in [-0.2, -0.15) is 0 Å². The molecule has 0 saturated carbocycles. The van der Waals surface area contributed by atoms with Crippen LogP contribution in [0.2, 0.25) is 0 Å². The second-order valence-electron chi connectivity index (χ2n) is 8.18. The van der Waals surface area contributed by atoms with Gasteiger partial charge in [0.1, 0.15) is 18.2 Å². The SMILES string of the molecule is Cc1ccc2c(oc3c4ccccc4ccc23)c1-c1cc(-c2ccccc2)cc[n+]1C. The van der Waals surface area contributed by atoms with Gasteiger partial charge in [0.25, 0.3) is 0 Å². The molecule has 4 aromatic carbocycles. The number of furan rings is 1. The number of rotatable bonds is 2. The summed E-state index contributed by atoms with van der Waals surface area (Å²) in [5.41, 5.74) is 7.83. The van der Waals surface area contributed by atoms with Gasteiger partial charge in [-0.25, -0.2) is 4.57 Å². The Morgan fingerprint density at radius 3 is 2.26 bits per heavy atom. The Hall–Kier alpha value is -3.91. The smallest absolute Gasteiger partial charge is 0.216 e. The van der Waals surface area contributed by atoms with Crippen LogP contribution >= 0.6 is 0 Å². The molecule has 0 N–H and O–H groups in total. The third-order valence-corrected chi connectivity index (χ3v) is 6.25. The lowest BCUT2D eigenvalue weighted by atomic mass is 9.97. The molecule has 0 atom stereocenters. The predicted molar refractivity (Wildman–Crippen MR) is 128 cm³/mol. The Labute approximate surface area is 181 Å². The average Bonchev–Trinajstić information content (AvgIpc) is 3.19. The van der Waals surface area contributed by atoms with Crippen molar-refractivity contribution in [1.82, 2.24) is 0 Å². The molecule has 0 fully saturated rings. The molecule has 2 nitrogen and oxygen atoms in total.